The molecule has 0 fully saturated rings. The Morgan fingerprint density at radius 1 is 1.05 bits per heavy atom. The van der Waals surface area contributed by atoms with Crippen LogP contribution in [0, 0.1) is 0 Å². The molecular weight excluding hydrogens is 254 g/mol. The van der Waals surface area contributed by atoms with Gasteiger partial charge in [-0.2, -0.15) is 0 Å². The fourth-order valence-corrected chi connectivity index (χ4v) is 3.44. The average Bonchev–Trinajstić information content (AvgIpc) is 2.81. The molecule has 19 heavy (non-hydrogen) atoms. The summed E-state index contributed by atoms with van der Waals surface area (Å²) in [6.07, 6.45) is 3.17. The van der Waals surface area contributed by atoms with Gasteiger partial charge in [-0.25, -0.2) is 0 Å². The van der Waals surface area contributed by atoms with Gasteiger partial charge in [0, 0.05) is 17.0 Å². The fraction of sp³-hybridized carbons (Fsp3) is 0.294. The van der Waals surface area contributed by atoms with Gasteiger partial charge >= 0.3 is 0 Å². The molecule has 0 amide bonds. The molecule has 1 atom stereocenters. The van der Waals surface area contributed by atoms with E-state index in [1.54, 1.807) is 0 Å². The molecule has 0 aromatic heterocycles. The summed E-state index contributed by atoms with van der Waals surface area (Å²) in [5.74, 6) is 0. The molecule has 1 nitrogen and oxygen atoms in total. The Morgan fingerprint density at radius 3 is 2.58 bits per heavy atom. The van der Waals surface area contributed by atoms with Gasteiger partial charge in [0.15, 0.2) is 0 Å². The summed E-state index contributed by atoms with van der Waals surface area (Å²) in [7, 11) is 0. The van der Waals surface area contributed by atoms with Crippen LogP contribution in [0.5, 0.6) is 0 Å². The molecule has 2 N–H and O–H groups in total. The highest BCUT2D eigenvalue weighted by molar-refractivity contribution is 6.31. The highest BCUT2D eigenvalue weighted by Crippen LogP contribution is 2.41. The van der Waals surface area contributed by atoms with Crippen molar-refractivity contribution in [2.75, 3.05) is 6.54 Å². The van der Waals surface area contributed by atoms with Crippen LogP contribution in [0.2, 0.25) is 5.02 Å². The number of halogens is 1. The third kappa shape index (κ3) is 2.18. The maximum atomic E-state index is 6.31. The quantitative estimate of drug-likeness (QED) is 0.905. The minimum absolute atomic E-state index is 0.0571. The lowest BCUT2D eigenvalue weighted by Gasteiger charge is -2.29. The van der Waals surface area contributed by atoms with E-state index in [1.165, 1.54) is 16.7 Å². The van der Waals surface area contributed by atoms with E-state index in [4.69, 9.17) is 17.3 Å². The van der Waals surface area contributed by atoms with Crippen molar-refractivity contribution in [2.45, 2.75) is 24.7 Å². The molecule has 0 radical (unpaired) electrons. The highest BCUT2D eigenvalue weighted by Gasteiger charge is 2.37. The SMILES string of the molecule is NCC1(Cc2ccccc2Cl)CCc2ccccc21. The Labute approximate surface area is 119 Å². The standard InChI is InChI=1S/C17H18ClN/c18-16-8-4-2-6-14(16)11-17(12-19)10-9-13-5-1-3-7-15(13)17/h1-8H,9-12,19H2. The molecule has 2 aromatic rings. The minimum Gasteiger partial charge on any atom is -0.330 e. The first kappa shape index (κ1) is 12.7. The van der Waals surface area contributed by atoms with Crippen LogP contribution in [0.15, 0.2) is 48.5 Å². The molecule has 0 aliphatic heterocycles. The maximum Gasteiger partial charge on any atom is 0.0438 e. The summed E-state index contributed by atoms with van der Waals surface area (Å²) in [6.45, 7) is 0.676. The number of fused-ring (bicyclic) bond motifs is 1. The fourth-order valence-electron chi connectivity index (χ4n) is 3.24. The number of rotatable bonds is 3. The highest BCUT2D eigenvalue weighted by atomic mass is 35.5. The second-order valence-corrected chi connectivity index (χ2v) is 5.82. The summed E-state index contributed by atoms with van der Waals surface area (Å²) in [6, 6.07) is 16.8. The topological polar surface area (TPSA) is 26.0 Å². The Balaban J connectivity index is 2.00. The molecule has 3 rings (SSSR count). The largest absolute Gasteiger partial charge is 0.330 e. The van der Waals surface area contributed by atoms with Gasteiger partial charge in [0.05, 0.1) is 0 Å². The van der Waals surface area contributed by atoms with E-state index in [9.17, 15) is 0 Å². The summed E-state index contributed by atoms with van der Waals surface area (Å²) in [4.78, 5) is 0. The molecule has 0 saturated heterocycles. The summed E-state index contributed by atoms with van der Waals surface area (Å²) in [5.41, 5.74) is 10.3. The van der Waals surface area contributed by atoms with E-state index in [0.717, 1.165) is 24.3 Å². The number of hydrogen-bond acceptors (Lipinski definition) is 1. The van der Waals surface area contributed by atoms with Crippen molar-refractivity contribution >= 4 is 11.6 Å². The van der Waals surface area contributed by atoms with Crippen LogP contribution in [0.25, 0.3) is 0 Å². The molecule has 1 unspecified atom stereocenters. The van der Waals surface area contributed by atoms with Gasteiger partial charge in [0.25, 0.3) is 0 Å². The average molecular weight is 272 g/mol. The van der Waals surface area contributed by atoms with Crippen molar-refractivity contribution in [1.29, 1.82) is 0 Å². The van der Waals surface area contributed by atoms with Crippen molar-refractivity contribution in [3.8, 4) is 0 Å². The van der Waals surface area contributed by atoms with Crippen LogP contribution in [-0.2, 0) is 18.3 Å². The number of aryl methyl sites for hydroxylation is 1. The zero-order valence-corrected chi connectivity index (χ0v) is 11.7. The number of benzene rings is 2. The van der Waals surface area contributed by atoms with E-state index < -0.39 is 0 Å². The van der Waals surface area contributed by atoms with E-state index in [0.29, 0.717) is 6.54 Å². The van der Waals surface area contributed by atoms with E-state index >= 15 is 0 Å². The lowest BCUT2D eigenvalue weighted by Crippen LogP contribution is -2.35. The minimum atomic E-state index is 0.0571. The van der Waals surface area contributed by atoms with Crippen molar-refractivity contribution in [1.82, 2.24) is 0 Å². The number of hydrogen-bond donors (Lipinski definition) is 1. The van der Waals surface area contributed by atoms with Crippen molar-refractivity contribution in [3.63, 3.8) is 0 Å². The second-order valence-electron chi connectivity index (χ2n) is 5.41. The summed E-state index contributed by atoms with van der Waals surface area (Å²) in [5, 5.41) is 0.847. The van der Waals surface area contributed by atoms with E-state index in [1.807, 2.05) is 18.2 Å². The Hall–Kier alpha value is -1.31. The van der Waals surface area contributed by atoms with Gasteiger partial charge in [-0.3, -0.25) is 0 Å². The molecule has 1 aliphatic rings. The van der Waals surface area contributed by atoms with Crippen LogP contribution in [0.3, 0.4) is 0 Å². The third-order valence-electron chi connectivity index (χ3n) is 4.34. The van der Waals surface area contributed by atoms with Gasteiger partial charge in [0.2, 0.25) is 0 Å². The van der Waals surface area contributed by atoms with Gasteiger partial charge in [-0.15, -0.1) is 0 Å². The van der Waals surface area contributed by atoms with Crippen LogP contribution < -0.4 is 5.73 Å². The third-order valence-corrected chi connectivity index (χ3v) is 4.71. The first-order valence-electron chi connectivity index (χ1n) is 6.77. The zero-order chi connectivity index (χ0) is 13.3. The molecule has 0 spiro atoms. The first-order valence-corrected chi connectivity index (χ1v) is 7.15. The lowest BCUT2D eigenvalue weighted by molar-refractivity contribution is 0.432. The zero-order valence-electron chi connectivity index (χ0n) is 10.9. The molecule has 98 valence electrons. The normalized spacial score (nSPS) is 21.4. The van der Waals surface area contributed by atoms with E-state index in [2.05, 4.69) is 30.3 Å². The predicted octanol–water partition coefficient (Wildman–Crippen LogP) is 3.73. The number of nitrogens with two attached hydrogens (primary N) is 1. The maximum absolute atomic E-state index is 6.31. The molecule has 0 saturated carbocycles. The van der Waals surface area contributed by atoms with Gasteiger partial charge in [0.1, 0.15) is 0 Å². The van der Waals surface area contributed by atoms with Gasteiger partial charge < -0.3 is 5.73 Å². The molecule has 0 bridgehead atoms. The second kappa shape index (κ2) is 4.99. The smallest absolute Gasteiger partial charge is 0.0438 e. The molecule has 2 heteroatoms. The van der Waals surface area contributed by atoms with Crippen molar-refractivity contribution in [2.24, 2.45) is 5.73 Å². The predicted molar refractivity (Wildman–Crippen MR) is 80.7 cm³/mol. The first-order chi connectivity index (χ1) is 9.25. The van der Waals surface area contributed by atoms with Crippen molar-refractivity contribution in [3.05, 3.63) is 70.2 Å². The Morgan fingerprint density at radius 2 is 1.79 bits per heavy atom. The van der Waals surface area contributed by atoms with Crippen LogP contribution in [0.1, 0.15) is 23.1 Å². The van der Waals surface area contributed by atoms with Gasteiger partial charge in [-0.05, 0) is 42.0 Å². The van der Waals surface area contributed by atoms with Crippen LogP contribution >= 0.6 is 11.6 Å². The van der Waals surface area contributed by atoms with Crippen molar-refractivity contribution < 1.29 is 0 Å². The van der Waals surface area contributed by atoms with Crippen LogP contribution in [0.4, 0.5) is 0 Å². The molecular formula is C17H18ClN. The Bertz CT molecular complexity index is 593. The van der Waals surface area contributed by atoms with Gasteiger partial charge in [-0.1, -0.05) is 54.1 Å². The molecule has 1 aliphatic carbocycles. The summed E-state index contributed by atoms with van der Waals surface area (Å²) >= 11 is 6.31. The van der Waals surface area contributed by atoms with Crippen LogP contribution in [-0.4, -0.2) is 6.54 Å². The molecule has 0 heterocycles. The van der Waals surface area contributed by atoms with E-state index in [-0.39, 0.29) is 5.41 Å². The lowest BCUT2D eigenvalue weighted by atomic mass is 9.76. The summed E-state index contributed by atoms with van der Waals surface area (Å²) < 4.78 is 0. The Kier molecular flexibility index (Phi) is 3.34. The molecule has 2 aromatic carbocycles. The monoisotopic (exact) mass is 271 g/mol.